The fourth-order valence-corrected chi connectivity index (χ4v) is 3.84. The van der Waals surface area contributed by atoms with Crippen LogP contribution < -0.4 is 13.8 Å². The molecule has 0 amide bonds. The molecule has 0 unspecified atom stereocenters. The number of ether oxygens (including phenoxy) is 2. The summed E-state index contributed by atoms with van der Waals surface area (Å²) in [5.41, 5.74) is -0.0829. The highest BCUT2D eigenvalue weighted by Crippen LogP contribution is 2.40. The fraction of sp³-hybridized carbons (Fsp3) is 0.188. The van der Waals surface area contributed by atoms with Gasteiger partial charge in [0.1, 0.15) is 23.9 Å². The first-order valence-corrected chi connectivity index (χ1v) is 8.94. The van der Waals surface area contributed by atoms with Crippen LogP contribution in [0.3, 0.4) is 0 Å². The lowest BCUT2D eigenvalue weighted by molar-refractivity contribution is -0.135. The van der Waals surface area contributed by atoms with E-state index in [2.05, 4.69) is 0 Å². The van der Waals surface area contributed by atoms with Gasteiger partial charge < -0.3 is 14.6 Å². The molecule has 0 aromatic heterocycles. The predicted octanol–water partition coefficient (Wildman–Crippen LogP) is 2.78. The normalized spacial score (nSPS) is 11.1. The number of halogens is 2. The van der Waals surface area contributed by atoms with Crippen LogP contribution in [-0.4, -0.2) is 40.3 Å². The zero-order chi connectivity index (χ0) is 19.5. The van der Waals surface area contributed by atoms with Crippen LogP contribution in [0.4, 0.5) is 10.1 Å². The van der Waals surface area contributed by atoms with Gasteiger partial charge in [-0.15, -0.1) is 0 Å². The van der Waals surface area contributed by atoms with Gasteiger partial charge in [-0.05, 0) is 24.3 Å². The van der Waals surface area contributed by atoms with E-state index in [9.17, 15) is 22.7 Å². The first-order chi connectivity index (χ1) is 12.2. The van der Waals surface area contributed by atoms with Crippen molar-refractivity contribution < 1.29 is 32.2 Å². The molecular formula is C16H15ClFNO6S. The summed E-state index contributed by atoms with van der Waals surface area (Å²) >= 11 is 6.01. The van der Waals surface area contributed by atoms with Crippen molar-refractivity contribution in [1.29, 1.82) is 0 Å². The topological polar surface area (TPSA) is 93.1 Å². The minimum absolute atomic E-state index is 0.0303. The van der Waals surface area contributed by atoms with Gasteiger partial charge in [-0.3, -0.25) is 9.10 Å². The van der Waals surface area contributed by atoms with Crippen molar-refractivity contribution >= 4 is 33.3 Å². The smallest absolute Gasteiger partial charge is 0.324 e. The van der Waals surface area contributed by atoms with Crippen LogP contribution in [0, 0.1) is 5.82 Å². The molecule has 7 nitrogen and oxygen atoms in total. The molecule has 26 heavy (non-hydrogen) atoms. The fourth-order valence-electron chi connectivity index (χ4n) is 2.20. The van der Waals surface area contributed by atoms with E-state index in [0.717, 1.165) is 24.3 Å². The number of benzene rings is 2. The Hall–Kier alpha value is -2.52. The SMILES string of the molecule is COc1cc(N(CC(=O)O)S(=O)(=O)c2ccc(F)cc2)c(OC)cc1Cl. The zero-order valence-electron chi connectivity index (χ0n) is 13.8. The van der Waals surface area contributed by atoms with Crippen LogP contribution in [0.1, 0.15) is 0 Å². The Morgan fingerprint density at radius 3 is 2.23 bits per heavy atom. The Morgan fingerprint density at radius 2 is 1.73 bits per heavy atom. The molecule has 0 saturated carbocycles. The molecule has 0 saturated heterocycles. The van der Waals surface area contributed by atoms with Crippen molar-refractivity contribution in [2.45, 2.75) is 4.90 Å². The summed E-state index contributed by atoms with van der Waals surface area (Å²) in [6.45, 7) is -0.888. The number of carboxylic acids is 1. The second kappa shape index (κ2) is 7.79. The van der Waals surface area contributed by atoms with E-state index in [0.29, 0.717) is 4.31 Å². The Morgan fingerprint density at radius 1 is 1.15 bits per heavy atom. The molecule has 2 rings (SSSR count). The van der Waals surface area contributed by atoms with Gasteiger partial charge in [-0.25, -0.2) is 12.8 Å². The molecule has 0 aliphatic carbocycles. The summed E-state index contributed by atoms with van der Waals surface area (Å²) in [4.78, 5) is 11.0. The maximum absolute atomic E-state index is 13.1. The quantitative estimate of drug-likeness (QED) is 0.764. The van der Waals surface area contributed by atoms with E-state index >= 15 is 0 Å². The number of hydrogen-bond acceptors (Lipinski definition) is 5. The van der Waals surface area contributed by atoms with Gasteiger partial charge in [-0.1, -0.05) is 11.6 Å². The summed E-state index contributed by atoms with van der Waals surface area (Å²) in [6, 6.07) is 6.57. The monoisotopic (exact) mass is 403 g/mol. The molecule has 0 fully saturated rings. The second-order valence-electron chi connectivity index (χ2n) is 5.02. The molecule has 2 aromatic rings. The van der Waals surface area contributed by atoms with E-state index in [1.165, 1.54) is 26.4 Å². The van der Waals surface area contributed by atoms with E-state index in [4.69, 9.17) is 21.1 Å². The lowest BCUT2D eigenvalue weighted by Crippen LogP contribution is -2.36. The largest absolute Gasteiger partial charge is 0.495 e. The molecular weight excluding hydrogens is 389 g/mol. The Balaban J connectivity index is 2.68. The molecule has 1 N–H and O–H groups in total. The van der Waals surface area contributed by atoms with Crippen LogP contribution in [0.25, 0.3) is 0 Å². The molecule has 140 valence electrons. The third-order valence-electron chi connectivity index (χ3n) is 3.40. The highest BCUT2D eigenvalue weighted by molar-refractivity contribution is 7.92. The van der Waals surface area contributed by atoms with E-state index in [1.54, 1.807) is 0 Å². The molecule has 2 aromatic carbocycles. The number of rotatable bonds is 7. The van der Waals surface area contributed by atoms with Crippen molar-refractivity contribution in [1.82, 2.24) is 0 Å². The van der Waals surface area contributed by atoms with Crippen molar-refractivity contribution in [2.24, 2.45) is 0 Å². The highest BCUT2D eigenvalue weighted by atomic mass is 35.5. The number of sulfonamides is 1. The zero-order valence-corrected chi connectivity index (χ0v) is 15.3. The van der Waals surface area contributed by atoms with Crippen molar-refractivity contribution in [2.75, 3.05) is 25.1 Å². The average Bonchev–Trinajstić information content (AvgIpc) is 2.59. The van der Waals surface area contributed by atoms with Crippen LogP contribution in [0.2, 0.25) is 5.02 Å². The minimum Gasteiger partial charge on any atom is -0.495 e. The summed E-state index contributed by atoms with van der Waals surface area (Å²) in [7, 11) is -1.72. The second-order valence-corrected chi connectivity index (χ2v) is 7.29. The Kier molecular flexibility index (Phi) is 5.94. The van der Waals surface area contributed by atoms with Crippen LogP contribution in [0.15, 0.2) is 41.3 Å². The Labute approximate surface area is 154 Å². The summed E-state index contributed by atoms with van der Waals surface area (Å²) < 4.78 is 49.8. The van der Waals surface area contributed by atoms with Crippen molar-refractivity contribution in [3.8, 4) is 11.5 Å². The number of nitrogens with zero attached hydrogens (tertiary/aromatic N) is 1. The first-order valence-electron chi connectivity index (χ1n) is 7.12. The van der Waals surface area contributed by atoms with E-state index in [-0.39, 0.29) is 27.1 Å². The van der Waals surface area contributed by atoms with E-state index in [1.807, 2.05) is 0 Å². The van der Waals surface area contributed by atoms with Gasteiger partial charge in [0.05, 0.1) is 29.8 Å². The summed E-state index contributed by atoms with van der Waals surface area (Å²) in [5.74, 6) is -1.86. The molecule has 10 heteroatoms. The lowest BCUT2D eigenvalue weighted by atomic mass is 10.2. The van der Waals surface area contributed by atoms with Crippen molar-refractivity contribution in [3.63, 3.8) is 0 Å². The molecule has 0 bridgehead atoms. The number of carbonyl (C=O) groups is 1. The molecule has 0 heterocycles. The number of methoxy groups -OCH3 is 2. The minimum atomic E-state index is -4.33. The van der Waals surface area contributed by atoms with Crippen molar-refractivity contribution in [3.05, 3.63) is 47.2 Å². The number of anilines is 1. The number of hydrogen-bond donors (Lipinski definition) is 1. The lowest BCUT2D eigenvalue weighted by Gasteiger charge is -2.25. The van der Waals surface area contributed by atoms with Gasteiger partial charge in [-0.2, -0.15) is 0 Å². The van der Waals surface area contributed by atoms with E-state index < -0.39 is 28.4 Å². The first kappa shape index (κ1) is 19.8. The summed E-state index contributed by atoms with van der Waals surface area (Å²) in [6.07, 6.45) is 0. The van der Waals surface area contributed by atoms with Crippen LogP contribution in [0.5, 0.6) is 11.5 Å². The predicted molar refractivity (Wildman–Crippen MR) is 93.1 cm³/mol. The number of aliphatic carboxylic acids is 1. The van der Waals surface area contributed by atoms with Gasteiger partial charge in [0.25, 0.3) is 10.0 Å². The van der Waals surface area contributed by atoms with Gasteiger partial charge in [0.15, 0.2) is 0 Å². The highest BCUT2D eigenvalue weighted by Gasteiger charge is 2.30. The maximum Gasteiger partial charge on any atom is 0.324 e. The Bertz CT molecular complexity index is 917. The molecule has 0 atom stereocenters. The molecule has 0 aliphatic heterocycles. The standard InChI is InChI=1S/C16H15ClFNO6S/c1-24-14-8-13(15(25-2)7-12(14)17)19(9-16(20)21)26(22,23)11-5-3-10(18)4-6-11/h3-8H,9H2,1-2H3,(H,20,21). The maximum atomic E-state index is 13.1. The van der Waals surface area contributed by atoms with Crippen LogP contribution in [-0.2, 0) is 14.8 Å². The van der Waals surface area contributed by atoms with Crippen LogP contribution >= 0.6 is 11.6 Å². The molecule has 0 spiro atoms. The van der Waals surface area contributed by atoms with Gasteiger partial charge >= 0.3 is 5.97 Å². The third-order valence-corrected chi connectivity index (χ3v) is 5.47. The number of carboxylic acid groups (broad SMARTS) is 1. The molecule has 0 radical (unpaired) electrons. The summed E-state index contributed by atoms with van der Waals surface area (Å²) in [5, 5.41) is 9.34. The van der Waals surface area contributed by atoms with Gasteiger partial charge in [0, 0.05) is 12.1 Å². The average molecular weight is 404 g/mol. The molecule has 0 aliphatic rings. The van der Waals surface area contributed by atoms with Gasteiger partial charge in [0.2, 0.25) is 0 Å². The third kappa shape index (κ3) is 4.00.